The van der Waals surface area contributed by atoms with Gasteiger partial charge in [-0.05, 0) is 18.4 Å². The van der Waals surface area contributed by atoms with E-state index < -0.39 is 0 Å². The summed E-state index contributed by atoms with van der Waals surface area (Å²) in [5.74, 6) is 0.635. The quantitative estimate of drug-likeness (QED) is 0.546. The molecule has 0 heterocycles. The molecule has 64 valence electrons. The third kappa shape index (κ3) is 1.72. The predicted octanol–water partition coefficient (Wildman–Crippen LogP) is 2.05. The van der Waals surface area contributed by atoms with Gasteiger partial charge in [0, 0.05) is 6.08 Å². The largest absolute Gasteiger partial charge is 0.379 e. The molecule has 0 spiro atoms. The van der Waals surface area contributed by atoms with Crippen LogP contribution in [0.3, 0.4) is 0 Å². The van der Waals surface area contributed by atoms with E-state index in [4.69, 9.17) is 0 Å². The summed E-state index contributed by atoms with van der Waals surface area (Å²) in [6.07, 6.45) is 5.98. The highest BCUT2D eigenvalue weighted by molar-refractivity contribution is 5.98. The Balaban J connectivity index is 2.96. The zero-order valence-electron chi connectivity index (χ0n) is 7.74. The minimum atomic E-state index is 0.171. The van der Waals surface area contributed by atoms with E-state index in [-0.39, 0.29) is 5.92 Å². The van der Waals surface area contributed by atoms with Gasteiger partial charge in [0.05, 0.1) is 5.92 Å². The van der Waals surface area contributed by atoms with Crippen LogP contribution in [0.25, 0.3) is 0 Å². The molecule has 0 N–H and O–H groups in total. The minimum Gasteiger partial charge on any atom is -0.0695 e. The number of hydrogen-bond donors (Lipinski definition) is 0. The van der Waals surface area contributed by atoms with Gasteiger partial charge in [-0.15, -0.1) is 0 Å². The Morgan fingerprint density at radius 2 is 2.17 bits per heavy atom. The fraction of sp³-hybridized carbons (Fsp3) is 0.500. The lowest BCUT2D eigenvalue weighted by Gasteiger charge is -2.09. The molecule has 2 nitrogen and oxygen atoms in total. The molecule has 0 aromatic carbocycles. The van der Waals surface area contributed by atoms with E-state index >= 15 is 0 Å². The van der Waals surface area contributed by atoms with Crippen LogP contribution in [0.4, 0.5) is 0 Å². The van der Waals surface area contributed by atoms with E-state index in [0.717, 1.165) is 0 Å². The van der Waals surface area contributed by atoms with Gasteiger partial charge in [-0.25, -0.2) is 0 Å². The third-order valence-electron chi connectivity index (χ3n) is 2.13. The fourth-order valence-electron chi connectivity index (χ4n) is 1.17. The van der Waals surface area contributed by atoms with E-state index in [2.05, 4.69) is 24.8 Å². The van der Waals surface area contributed by atoms with Gasteiger partial charge in [0.25, 0.3) is 0 Å². The molecule has 1 atom stereocenters. The van der Waals surface area contributed by atoms with Gasteiger partial charge in [-0.2, -0.15) is 0 Å². The lowest BCUT2D eigenvalue weighted by Crippen LogP contribution is -2.13. The fourth-order valence-corrected chi connectivity index (χ4v) is 1.17. The van der Waals surface area contributed by atoms with Gasteiger partial charge in [0.15, 0.2) is 4.91 Å². The van der Waals surface area contributed by atoms with Crippen LogP contribution < -0.4 is 4.85 Å². The molecule has 0 saturated carbocycles. The first kappa shape index (κ1) is 8.95. The van der Waals surface area contributed by atoms with E-state index in [9.17, 15) is 4.91 Å². The summed E-state index contributed by atoms with van der Waals surface area (Å²) in [5, 5.41) is 0. The van der Waals surface area contributed by atoms with Gasteiger partial charge < -0.3 is 0 Å². The number of allylic oxidation sites excluding steroid dienone is 4. The van der Waals surface area contributed by atoms with Crippen molar-refractivity contribution in [3.8, 4) is 0 Å². The molecule has 0 aromatic heterocycles. The molecule has 1 rings (SSSR count). The maximum absolute atomic E-state index is 10.4. The van der Waals surface area contributed by atoms with E-state index in [1.165, 1.54) is 5.57 Å². The Kier molecular flexibility index (Phi) is 2.61. The summed E-state index contributed by atoms with van der Waals surface area (Å²) in [4.78, 5) is 13.4. The van der Waals surface area contributed by atoms with Crippen molar-refractivity contribution in [2.45, 2.75) is 20.8 Å². The molecule has 0 amide bonds. The molecule has 12 heavy (non-hydrogen) atoms. The summed E-state index contributed by atoms with van der Waals surface area (Å²) in [6, 6.07) is 0. The van der Waals surface area contributed by atoms with E-state index in [1.807, 2.05) is 19.1 Å². The van der Waals surface area contributed by atoms with Gasteiger partial charge in [-0.3, -0.25) is 0 Å². The molecule has 0 saturated heterocycles. The van der Waals surface area contributed by atoms with Crippen LogP contribution in [0, 0.1) is 16.7 Å². The molecule has 1 unspecified atom stereocenters. The van der Waals surface area contributed by atoms with E-state index in [0.29, 0.717) is 11.6 Å². The monoisotopic (exact) mass is 164 g/mol. The van der Waals surface area contributed by atoms with Crippen molar-refractivity contribution in [1.82, 2.24) is 4.85 Å². The average Bonchev–Trinajstić information content (AvgIpc) is 2.05. The molecule has 1 aliphatic rings. The lowest BCUT2D eigenvalue weighted by atomic mass is 9.91. The molecule has 0 aliphatic heterocycles. The van der Waals surface area contributed by atoms with Crippen LogP contribution in [0.5, 0.6) is 0 Å². The number of nitrogens with zero attached hydrogens (tertiary/aromatic N) is 1. The molecule has 2 heteroatoms. The normalized spacial score (nSPS) is 22.5. The van der Waals surface area contributed by atoms with Gasteiger partial charge in [-0.1, -0.05) is 26.0 Å². The second-order valence-corrected chi connectivity index (χ2v) is 3.46. The molecule has 1 aliphatic carbocycles. The topological polar surface area (TPSA) is 31.2 Å². The zero-order valence-corrected chi connectivity index (χ0v) is 7.74. The van der Waals surface area contributed by atoms with Crippen molar-refractivity contribution in [3.63, 3.8) is 0 Å². The highest BCUT2D eigenvalue weighted by Gasteiger charge is 2.22. The first-order valence-corrected chi connectivity index (χ1v) is 4.25. The maximum atomic E-state index is 10.4. The summed E-state index contributed by atoms with van der Waals surface area (Å²) in [7, 11) is 0. The highest BCUT2D eigenvalue weighted by atomic mass is 16.2. The number of rotatable bonds is 1. The average molecular weight is 164 g/mol. The second-order valence-electron chi connectivity index (χ2n) is 3.46. The van der Waals surface area contributed by atoms with Crippen molar-refractivity contribution in [3.05, 3.63) is 28.7 Å². The van der Waals surface area contributed by atoms with Crippen LogP contribution in [-0.4, -0.2) is 5.71 Å². The zero-order chi connectivity index (χ0) is 9.14. The van der Waals surface area contributed by atoms with Crippen LogP contribution in [0.15, 0.2) is 23.8 Å². The van der Waals surface area contributed by atoms with Crippen molar-refractivity contribution < 1.29 is 0 Å². The maximum Gasteiger partial charge on any atom is 0.379 e. The number of nitroso groups, excluding NO2 is 1. The molecular formula is C10H14NO+. The molecule has 0 bridgehead atoms. The Labute approximate surface area is 72.7 Å². The van der Waals surface area contributed by atoms with Crippen LogP contribution >= 0.6 is 0 Å². The van der Waals surface area contributed by atoms with Gasteiger partial charge in [0.1, 0.15) is 0 Å². The summed E-state index contributed by atoms with van der Waals surface area (Å²) in [6.45, 7) is 6.18. The van der Waals surface area contributed by atoms with Crippen LogP contribution in [-0.2, 0) is 0 Å². The SMILES string of the molecule is CC(C)C1=CC(=[N+]=O)C(C)C=C1. The Bertz CT molecular complexity index is 280. The molecule has 0 aromatic rings. The van der Waals surface area contributed by atoms with Gasteiger partial charge >= 0.3 is 5.71 Å². The van der Waals surface area contributed by atoms with Gasteiger partial charge in [0.2, 0.25) is 4.85 Å². The van der Waals surface area contributed by atoms with Crippen LogP contribution in [0.1, 0.15) is 20.8 Å². The van der Waals surface area contributed by atoms with Crippen LogP contribution in [0.2, 0.25) is 0 Å². The predicted molar refractivity (Wildman–Crippen MR) is 51.7 cm³/mol. The lowest BCUT2D eigenvalue weighted by molar-refractivity contribution is 0.784. The summed E-state index contributed by atoms with van der Waals surface area (Å²) in [5.41, 5.74) is 1.82. The third-order valence-corrected chi connectivity index (χ3v) is 2.13. The summed E-state index contributed by atoms with van der Waals surface area (Å²) >= 11 is 0. The van der Waals surface area contributed by atoms with Crippen molar-refractivity contribution >= 4 is 5.71 Å². The van der Waals surface area contributed by atoms with Crippen molar-refractivity contribution in [2.24, 2.45) is 11.8 Å². The van der Waals surface area contributed by atoms with E-state index in [1.54, 1.807) is 0 Å². The molecule has 0 fully saturated rings. The minimum absolute atomic E-state index is 0.171. The Hall–Kier alpha value is -1.14. The first-order chi connectivity index (χ1) is 5.65. The highest BCUT2D eigenvalue weighted by Crippen LogP contribution is 2.18. The second kappa shape index (κ2) is 3.51. The van der Waals surface area contributed by atoms with Crippen molar-refractivity contribution in [2.75, 3.05) is 0 Å². The standard InChI is InChI=1S/C10H14NO/c1-7(2)9-5-4-8(3)10(6-9)11-12/h4-8H,1-3H3/q+1. The molecule has 0 radical (unpaired) electrons. The molecular weight excluding hydrogens is 150 g/mol. The van der Waals surface area contributed by atoms with Crippen molar-refractivity contribution in [1.29, 1.82) is 0 Å². The smallest absolute Gasteiger partial charge is 0.0695 e. The number of hydrogen-bond acceptors (Lipinski definition) is 1. The first-order valence-electron chi connectivity index (χ1n) is 4.25. The Morgan fingerprint density at radius 1 is 1.50 bits per heavy atom. The Morgan fingerprint density at radius 3 is 2.67 bits per heavy atom. The summed E-state index contributed by atoms with van der Waals surface area (Å²) < 4.78 is 0.